The molecule has 0 saturated heterocycles. The maximum atomic E-state index is 15.0. The fraction of sp³-hybridized carbons (Fsp3) is 0.250. The summed E-state index contributed by atoms with van der Waals surface area (Å²) in [6, 6.07) is 10.4. The smallest absolute Gasteiger partial charge is 0.315 e. The number of rotatable bonds is 5. The second kappa shape index (κ2) is 11.0. The fourth-order valence-electron chi connectivity index (χ4n) is 3.74. The molecule has 5 rings (SSSR count). The highest BCUT2D eigenvalue weighted by atomic mass is 19.1. The number of halogens is 2. The number of anilines is 1. The Morgan fingerprint density at radius 1 is 1.05 bits per heavy atom. The summed E-state index contributed by atoms with van der Waals surface area (Å²) < 4.78 is 33.8. The minimum atomic E-state index is -0.594. The number of aromatic nitrogens is 5. The average molecular weight is 534 g/mol. The standard InChI is InChI=1S/C26H23F2N7O2.C2H6/c1-26(2,3)25-34-24(37-35-25)23(36)31-12-14-5-4-13(10-18(14)28)16-8-9-30-22-20(16)32-21(33-22)17-11-15(27)6-7-19(17)29;1-2/h4-11H,12,29H2,1-3H3,(H,31,36)(H,30,32,33);1-2H3. The van der Waals surface area contributed by atoms with E-state index in [2.05, 4.69) is 30.4 Å². The molecule has 0 bridgehead atoms. The van der Waals surface area contributed by atoms with Crippen LogP contribution in [0.4, 0.5) is 14.5 Å². The lowest BCUT2D eigenvalue weighted by Gasteiger charge is -2.10. The van der Waals surface area contributed by atoms with Gasteiger partial charge in [0.1, 0.15) is 17.5 Å². The summed E-state index contributed by atoms with van der Waals surface area (Å²) in [5, 5.41) is 6.42. The fourth-order valence-corrected chi connectivity index (χ4v) is 3.74. The molecule has 0 fully saturated rings. The summed E-state index contributed by atoms with van der Waals surface area (Å²) in [6.45, 7) is 9.62. The second-order valence-electron chi connectivity index (χ2n) is 9.54. The van der Waals surface area contributed by atoms with Gasteiger partial charge >= 0.3 is 11.8 Å². The van der Waals surface area contributed by atoms with Gasteiger partial charge in [-0.15, -0.1) is 0 Å². The molecule has 0 atom stereocenters. The SMILES string of the molecule is CC.CC(C)(C)c1noc(C(=O)NCc2ccc(-c3ccnc4nc(-c5cc(F)ccc5N)[nH]c34)cc2F)n1. The van der Waals surface area contributed by atoms with Crippen molar-refractivity contribution in [2.45, 2.75) is 46.6 Å². The van der Waals surface area contributed by atoms with Crippen LogP contribution in [0.5, 0.6) is 0 Å². The number of imidazole rings is 1. The quantitative estimate of drug-likeness (QED) is 0.243. The average Bonchev–Trinajstić information content (AvgIpc) is 3.58. The van der Waals surface area contributed by atoms with Gasteiger partial charge in [-0.1, -0.05) is 51.9 Å². The minimum absolute atomic E-state index is 0.0724. The lowest BCUT2D eigenvalue weighted by molar-refractivity contribution is 0.0906. The lowest BCUT2D eigenvalue weighted by atomic mass is 9.96. The number of carbonyl (C=O) groups is 1. The third-order valence-electron chi connectivity index (χ3n) is 5.76. The molecule has 2 aromatic carbocycles. The molecule has 39 heavy (non-hydrogen) atoms. The van der Waals surface area contributed by atoms with Gasteiger partial charge in [0.25, 0.3) is 0 Å². The normalized spacial score (nSPS) is 11.3. The first-order chi connectivity index (χ1) is 18.6. The van der Waals surface area contributed by atoms with E-state index in [0.29, 0.717) is 45.2 Å². The van der Waals surface area contributed by atoms with Crippen molar-refractivity contribution in [3.8, 4) is 22.5 Å². The third kappa shape index (κ3) is 5.77. The predicted molar refractivity (Wildman–Crippen MR) is 145 cm³/mol. The number of H-pyrrole nitrogens is 1. The van der Waals surface area contributed by atoms with Crippen molar-refractivity contribution in [3.63, 3.8) is 0 Å². The van der Waals surface area contributed by atoms with Gasteiger partial charge in [-0.3, -0.25) is 4.79 Å². The molecule has 0 unspecified atom stereocenters. The van der Waals surface area contributed by atoms with Gasteiger partial charge in [0.2, 0.25) is 0 Å². The Morgan fingerprint density at radius 2 is 1.82 bits per heavy atom. The van der Waals surface area contributed by atoms with E-state index < -0.39 is 17.5 Å². The highest BCUT2D eigenvalue weighted by Crippen LogP contribution is 2.31. The molecule has 0 saturated carbocycles. The van der Waals surface area contributed by atoms with E-state index in [1.165, 1.54) is 24.3 Å². The van der Waals surface area contributed by atoms with Crippen molar-refractivity contribution in [3.05, 3.63) is 77.6 Å². The van der Waals surface area contributed by atoms with Crippen LogP contribution in [0.1, 0.15) is 56.7 Å². The van der Waals surface area contributed by atoms with Gasteiger partial charge < -0.3 is 20.6 Å². The predicted octanol–water partition coefficient (Wildman–Crippen LogP) is 5.79. The largest absolute Gasteiger partial charge is 0.398 e. The van der Waals surface area contributed by atoms with Crippen LogP contribution in [-0.2, 0) is 12.0 Å². The first-order valence-corrected chi connectivity index (χ1v) is 12.4. The molecule has 0 aliphatic rings. The van der Waals surface area contributed by atoms with Gasteiger partial charge in [-0.05, 0) is 35.9 Å². The van der Waals surface area contributed by atoms with Gasteiger partial charge in [-0.25, -0.2) is 18.7 Å². The van der Waals surface area contributed by atoms with Gasteiger partial charge in [0.15, 0.2) is 11.5 Å². The number of aromatic amines is 1. The zero-order chi connectivity index (χ0) is 28.3. The maximum Gasteiger partial charge on any atom is 0.315 e. The summed E-state index contributed by atoms with van der Waals surface area (Å²) in [5.74, 6) is -0.991. The van der Waals surface area contributed by atoms with Crippen LogP contribution in [0.2, 0.25) is 0 Å². The topological polar surface area (TPSA) is 136 Å². The number of nitrogens with one attached hydrogen (secondary N) is 2. The lowest BCUT2D eigenvalue weighted by Crippen LogP contribution is -2.24. The Bertz CT molecular complexity index is 1640. The molecule has 202 valence electrons. The summed E-state index contributed by atoms with van der Waals surface area (Å²) in [4.78, 5) is 28.3. The first-order valence-electron chi connectivity index (χ1n) is 12.4. The molecule has 9 nitrogen and oxygen atoms in total. The second-order valence-corrected chi connectivity index (χ2v) is 9.54. The van der Waals surface area contributed by atoms with Crippen molar-refractivity contribution < 1.29 is 18.1 Å². The molecule has 11 heteroatoms. The van der Waals surface area contributed by atoms with E-state index in [4.69, 9.17) is 10.3 Å². The monoisotopic (exact) mass is 533 g/mol. The van der Waals surface area contributed by atoms with Crippen molar-refractivity contribution in [2.75, 3.05) is 5.73 Å². The molecule has 0 radical (unpaired) electrons. The first kappa shape index (κ1) is 27.4. The van der Waals surface area contributed by atoms with Crippen molar-refractivity contribution in [1.82, 2.24) is 30.4 Å². The van der Waals surface area contributed by atoms with Gasteiger partial charge in [-0.2, -0.15) is 4.98 Å². The van der Waals surface area contributed by atoms with Crippen LogP contribution in [0.3, 0.4) is 0 Å². The molecule has 0 spiro atoms. The Morgan fingerprint density at radius 3 is 2.51 bits per heavy atom. The minimum Gasteiger partial charge on any atom is -0.398 e. The highest BCUT2D eigenvalue weighted by molar-refractivity contribution is 5.92. The molecule has 4 N–H and O–H groups in total. The van der Waals surface area contributed by atoms with Crippen molar-refractivity contribution in [2.24, 2.45) is 0 Å². The van der Waals surface area contributed by atoms with Gasteiger partial charge in [0, 0.05) is 40.5 Å². The van der Waals surface area contributed by atoms with Crippen LogP contribution in [0.15, 0.2) is 53.2 Å². The van der Waals surface area contributed by atoms with Crippen LogP contribution in [0, 0.1) is 11.6 Å². The van der Waals surface area contributed by atoms with Crippen LogP contribution < -0.4 is 11.1 Å². The Balaban J connectivity index is 0.00000172. The number of amides is 1. The molecule has 0 aliphatic carbocycles. The number of pyridine rings is 1. The number of benzene rings is 2. The van der Waals surface area contributed by atoms with E-state index in [1.54, 1.807) is 24.4 Å². The van der Waals surface area contributed by atoms with Crippen molar-refractivity contribution >= 4 is 22.8 Å². The summed E-state index contributed by atoms with van der Waals surface area (Å²) in [7, 11) is 0. The molecular weight excluding hydrogens is 504 g/mol. The highest BCUT2D eigenvalue weighted by Gasteiger charge is 2.24. The maximum absolute atomic E-state index is 15.0. The number of fused-ring (bicyclic) bond motifs is 1. The summed E-state index contributed by atoms with van der Waals surface area (Å²) in [6.07, 6.45) is 1.56. The Labute approximate surface area is 223 Å². The summed E-state index contributed by atoms with van der Waals surface area (Å²) >= 11 is 0. The third-order valence-corrected chi connectivity index (χ3v) is 5.76. The molecule has 0 aliphatic heterocycles. The number of nitrogens with zero attached hydrogens (tertiary/aromatic N) is 4. The van der Waals surface area contributed by atoms with E-state index in [-0.39, 0.29) is 23.4 Å². The molecule has 5 aromatic rings. The zero-order valence-corrected chi connectivity index (χ0v) is 22.3. The van der Waals surface area contributed by atoms with E-state index in [0.717, 1.165) is 0 Å². The molecule has 3 aromatic heterocycles. The number of hydrogen-bond acceptors (Lipinski definition) is 7. The van der Waals surface area contributed by atoms with Gasteiger partial charge in [0.05, 0.1) is 5.52 Å². The number of hydrogen-bond donors (Lipinski definition) is 3. The Kier molecular flexibility index (Phi) is 7.70. The van der Waals surface area contributed by atoms with E-state index in [1.807, 2.05) is 34.6 Å². The number of nitrogens with two attached hydrogens (primary N) is 1. The van der Waals surface area contributed by atoms with E-state index in [9.17, 15) is 9.18 Å². The van der Waals surface area contributed by atoms with Crippen molar-refractivity contribution in [1.29, 1.82) is 0 Å². The van der Waals surface area contributed by atoms with Crippen LogP contribution >= 0.6 is 0 Å². The molecule has 3 heterocycles. The molecule has 1 amide bonds. The van der Waals surface area contributed by atoms with Crippen LogP contribution in [0.25, 0.3) is 33.7 Å². The van der Waals surface area contributed by atoms with Crippen LogP contribution in [-0.4, -0.2) is 31.0 Å². The molecular formula is C28H29F2N7O2. The number of carbonyl (C=O) groups excluding carboxylic acids is 1. The zero-order valence-electron chi connectivity index (χ0n) is 22.3. The summed E-state index contributed by atoms with van der Waals surface area (Å²) in [5.41, 5.74) is 8.79. The number of nitrogen functional groups attached to an aromatic ring is 1. The Hall–Kier alpha value is -4.67. The van der Waals surface area contributed by atoms with E-state index >= 15 is 4.39 Å².